The summed E-state index contributed by atoms with van der Waals surface area (Å²) in [5, 5.41) is 9.04. The second kappa shape index (κ2) is 8.64. The number of hydrogen-bond donors (Lipinski definition) is 1. The van der Waals surface area contributed by atoms with E-state index in [2.05, 4.69) is 0 Å². The first-order chi connectivity index (χ1) is 12.5. The minimum Gasteiger partial charge on any atom is -0.497 e. The zero-order valence-corrected chi connectivity index (χ0v) is 17.6. The Kier molecular flexibility index (Phi) is 7.45. The summed E-state index contributed by atoms with van der Waals surface area (Å²) in [6, 6.07) is 6.55. The van der Waals surface area contributed by atoms with Gasteiger partial charge in [-0.2, -0.15) is 5.26 Å². The number of likely N-dealkylation sites (tertiary alicyclic amines) is 1. The van der Waals surface area contributed by atoms with Crippen LogP contribution in [-0.4, -0.2) is 49.5 Å². The van der Waals surface area contributed by atoms with E-state index in [-0.39, 0.29) is 31.1 Å². The van der Waals surface area contributed by atoms with Crippen molar-refractivity contribution in [2.24, 2.45) is 5.73 Å². The number of nitrogens with two attached hydrogens (primary N) is 1. The van der Waals surface area contributed by atoms with Gasteiger partial charge in [-0.05, 0) is 38.0 Å². The van der Waals surface area contributed by atoms with Gasteiger partial charge in [0, 0.05) is 13.0 Å². The van der Waals surface area contributed by atoms with E-state index in [4.69, 9.17) is 15.7 Å². The molecule has 0 aliphatic carbocycles. The first-order valence-corrected chi connectivity index (χ1v) is 10.2. The average molecular weight is 434 g/mol. The van der Waals surface area contributed by atoms with Crippen LogP contribution >= 0.6 is 12.4 Å². The molecule has 1 fully saturated rings. The van der Waals surface area contributed by atoms with Crippen LogP contribution in [-0.2, 0) is 20.4 Å². The summed E-state index contributed by atoms with van der Waals surface area (Å²) in [5.74, 6) is -3.16. The standard InChI is InChI=1S/C18H24FN3O4S.ClH/c1-17(2,15(21)16(23)22-9-5-8-18(22,19)12-20)27(24,25)11-13-6-4-7-14(10-13)26-3;/h4,6-7,10,15H,5,8-9,11,21H2,1-3H3;1H/t15-,18-;/m1./s1. The molecular formula is C18H25ClFN3O4S. The Bertz CT molecular complexity index is 872. The first kappa shape index (κ1) is 24.1. The van der Waals surface area contributed by atoms with Gasteiger partial charge in [0.2, 0.25) is 5.91 Å². The highest BCUT2D eigenvalue weighted by molar-refractivity contribution is 7.92. The van der Waals surface area contributed by atoms with Crippen LogP contribution in [0.1, 0.15) is 32.3 Å². The number of halogens is 2. The smallest absolute Gasteiger partial charge is 0.271 e. The molecule has 1 saturated heterocycles. The third kappa shape index (κ3) is 4.40. The number of methoxy groups -OCH3 is 1. The molecule has 10 heteroatoms. The molecule has 1 heterocycles. The highest BCUT2D eigenvalue weighted by Crippen LogP contribution is 2.33. The fourth-order valence-electron chi connectivity index (χ4n) is 3.01. The largest absolute Gasteiger partial charge is 0.497 e. The predicted molar refractivity (Wildman–Crippen MR) is 105 cm³/mol. The monoisotopic (exact) mass is 433 g/mol. The molecule has 156 valence electrons. The van der Waals surface area contributed by atoms with Gasteiger partial charge >= 0.3 is 0 Å². The average Bonchev–Trinajstić information content (AvgIpc) is 3.02. The lowest BCUT2D eigenvalue weighted by Gasteiger charge is -2.35. The lowest BCUT2D eigenvalue weighted by molar-refractivity contribution is -0.140. The normalized spacial score (nSPS) is 20.8. The molecule has 2 rings (SSSR count). The number of rotatable bonds is 6. The second-order valence-corrected chi connectivity index (χ2v) is 9.73. The summed E-state index contributed by atoms with van der Waals surface area (Å²) in [6.07, 6.45) is 0.207. The number of nitrogens with zero attached hydrogens (tertiary/aromatic N) is 2. The van der Waals surface area contributed by atoms with E-state index in [0.717, 1.165) is 4.90 Å². The minimum atomic E-state index is -3.89. The van der Waals surface area contributed by atoms with Crippen molar-refractivity contribution >= 4 is 28.2 Å². The maximum Gasteiger partial charge on any atom is 0.271 e. The summed E-state index contributed by atoms with van der Waals surface area (Å²) in [5.41, 5.74) is 6.46. The van der Waals surface area contributed by atoms with Gasteiger partial charge in [-0.25, -0.2) is 12.8 Å². The molecule has 2 atom stereocenters. The third-order valence-electron chi connectivity index (χ3n) is 5.06. The number of sulfone groups is 1. The number of ether oxygens (including phenoxy) is 1. The van der Waals surface area contributed by atoms with Crippen LogP contribution in [0, 0.1) is 11.3 Å². The second-order valence-electron chi connectivity index (χ2n) is 7.16. The van der Waals surface area contributed by atoms with Crippen molar-refractivity contribution in [3.63, 3.8) is 0 Å². The van der Waals surface area contributed by atoms with Crippen molar-refractivity contribution in [1.82, 2.24) is 4.90 Å². The molecule has 1 aliphatic rings. The molecule has 2 N–H and O–H groups in total. The lowest BCUT2D eigenvalue weighted by Crippen LogP contribution is -2.60. The van der Waals surface area contributed by atoms with Gasteiger partial charge < -0.3 is 10.5 Å². The Morgan fingerprint density at radius 3 is 2.71 bits per heavy atom. The Hall–Kier alpha value is -1.89. The Morgan fingerprint density at radius 2 is 2.14 bits per heavy atom. The number of nitriles is 1. The van der Waals surface area contributed by atoms with Crippen LogP contribution in [0.15, 0.2) is 24.3 Å². The topological polar surface area (TPSA) is 113 Å². The number of benzene rings is 1. The van der Waals surface area contributed by atoms with Gasteiger partial charge in [0.25, 0.3) is 5.79 Å². The molecule has 0 radical (unpaired) electrons. The van der Waals surface area contributed by atoms with Crippen molar-refractivity contribution in [2.45, 2.75) is 49.0 Å². The SMILES string of the molecule is COc1cccc(CS(=O)(=O)C(C)(C)[C@H](N)C(=O)N2CCC[C@]2(F)C#N)c1.Cl. The van der Waals surface area contributed by atoms with Gasteiger partial charge in [0.15, 0.2) is 9.84 Å². The maximum absolute atomic E-state index is 14.6. The van der Waals surface area contributed by atoms with E-state index in [1.807, 2.05) is 0 Å². The van der Waals surface area contributed by atoms with Crippen LogP contribution in [0.2, 0.25) is 0 Å². The third-order valence-corrected chi connectivity index (χ3v) is 7.63. The summed E-state index contributed by atoms with van der Waals surface area (Å²) >= 11 is 0. The molecule has 1 amide bonds. The highest BCUT2D eigenvalue weighted by Gasteiger charge is 2.51. The van der Waals surface area contributed by atoms with Gasteiger partial charge in [-0.1, -0.05) is 12.1 Å². The van der Waals surface area contributed by atoms with E-state index in [1.54, 1.807) is 24.3 Å². The van der Waals surface area contributed by atoms with Crippen LogP contribution < -0.4 is 10.5 Å². The van der Waals surface area contributed by atoms with Crippen molar-refractivity contribution in [1.29, 1.82) is 5.26 Å². The maximum atomic E-state index is 14.6. The van der Waals surface area contributed by atoms with Gasteiger partial charge in [0.05, 0.1) is 17.6 Å². The van der Waals surface area contributed by atoms with E-state index in [0.29, 0.717) is 17.7 Å². The summed E-state index contributed by atoms with van der Waals surface area (Å²) < 4.78 is 43.9. The molecule has 1 aliphatic heterocycles. The molecule has 28 heavy (non-hydrogen) atoms. The number of carbonyl (C=O) groups is 1. The van der Waals surface area contributed by atoms with Crippen molar-refractivity contribution < 1.29 is 22.3 Å². The zero-order chi connectivity index (χ0) is 20.5. The quantitative estimate of drug-likeness (QED) is 0.686. The van der Waals surface area contributed by atoms with E-state index >= 15 is 0 Å². The van der Waals surface area contributed by atoms with Gasteiger partial charge in [-0.3, -0.25) is 9.69 Å². The van der Waals surface area contributed by atoms with Gasteiger partial charge in [-0.15, -0.1) is 12.4 Å². The number of hydrogen-bond acceptors (Lipinski definition) is 6. The minimum absolute atomic E-state index is 0. The molecule has 1 aromatic rings. The number of alkyl halides is 1. The fourth-order valence-corrected chi connectivity index (χ4v) is 4.49. The molecule has 0 saturated carbocycles. The molecule has 0 aromatic heterocycles. The molecule has 0 spiro atoms. The molecule has 7 nitrogen and oxygen atoms in total. The Labute approximate surface area is 171 Å². The summed E-state index contributed by atoms with van der Waals surface area (Å²) in [7, 11) is -2.42. The van der Waals surface area contributed by atoms with Crippen LogP contribution in [0.25, 0.3) is 0 Å². The van der Waals surface area contributed by atoms with E-state index in [1.165, 1.54) is 27.0 Å². The van der Waals surface area contributed by atoms with Crippen LogP contribution in [0.4, 0.5) is 4.39 Å². The number of carbonyl (C=O) groups excluding carboxylic acids is 1. The molecule has 0 unspecified atom stereocenters. The molecular weight excluding hydrogens is 409 g/mol. The highest BCUT2D eigenvalue weighted by atomic mass is 35.5. The van der Waals surface area contributed by atoms with Crippen LogP contribution in [0.3, 0.4) is 0 Å². The van der Waals surface area contributed by atoms with E-state index in [9.17, 15) is 17.6 Å². The fraction of sp³-hybridized carbons (Fsp3) is 0.556. The van der Waals surface area contributed by atoms with E-state index < -0.39 is 32.3 Å². The Morgan fingerprint density at radius 1 is 1.50 bits per heavy atom. The number of amides is 1. The van der Waals surface area contributed by atoms with Crippen molar-refractivity contribution in [3.05, 3.63) is 29.8 Å². The van der Waals surface area contributed by atoms with Crippen molar-refractivity contribution in [2.75, 3.05) is 13.7 Å². The predicted octanol–water partition coefficient (Wildman–Crippen LogP) is 1.95. The molecule has 1 aromatic carbocycles. The van der Waals surface area contributed by atoms with Crippen LogP contribution in [0.5, 0.6) is 5.75 Å². The lowest BCUT2D eigenvalue weighted by atomic mass is 10.0. The Balaban J connectivity index is 0.00000392. The van der Waals surface area contributed by atoms with Gasteiger partial charge in [0.1, 0.15) is 17.9 Å². The van der Waals surface area contributed by atoms with Crippen molar-refractivity contribution in [3.8, 4) is 11.8 Å². The zero-order valence-electron chi connectivity index (χ0n) is 16.0. The first-order valence-electron chi connectivity index (χ1n) is 8.51. The summed E-state index contributed by atoms with van der Waals surface area (Å²) in [4.78, 5) is 13.4. The summed E-state index contributed by atoms with van der Waals surface area (Å²) in [6.45, 7) is 2.71. The molecule has 0 bridgehead atoms.